The number of pyridine rings is 1. The van der Waals surface area contributed by atoms with E-state index in [1.807, 2.05) is 32.2 Å². The molecule has 7 heteroatoms. The second-order valence-electron chi connectivity index (χ2n) is 6.51. The Morgan fingerprint density at radius 2 is 1.79 bits per heavy atom. The van der Waals surface area contributed by atoms with Crippen molar-refractivity contribution < 1.29 is 9.47 Å². The number of hydrogen-bond acceptors (Lipinski definition) is 4. The maximum atomic E-state index is 5.64. The Kier molecular flexibility index (Phi) is 12.1. The zero-order valence-electron chi connectivity index (χ0n) is 17.8. The lowest BCUT2D eigenvalue weighted by molar-refractivity contribution is 0.310. The Morgan fingerprint density at radius 3 is 2.45 bits per heavy atom. The molecule has 1 aromatic carbocycles. The molecule has 0 aliphatic carbocycles. The second kappa shape index (κ2) is 14.0. The molecule has 2 aromatic rings. The highest BCUT2D eigenvalue weighted by Crippen LogP contribution is 2.28. The van der Waals surface area contributed by atoms with Crippen LogP contribution >= 0.6 is 24.0 Å². The van der Waals surface area contributed by atoms with Crippen LogP contribution in [0.15, 0.2) is 41.5 Å². The molecule has 160 valence electrons. The highest BCUT2D eigenvalue weighted by Gasteiger charge is 2.05. The van der Waals surface area contributed by atoms with Crippen molar-refractivity contribution in [3.63, 3.8) is 0 Å². The largest absolute Gasteiger partial charge is 0.493 e. The SMILES string of the molecule is CCOc1cc(CCCNC(=NC)NCCc2ccc(C)nc2)ccc1OC.I. The molecule has 6 nitrogen and oxygen atoms in total. The van der Waals surface area contributed by atoms with Gasteiger partial charge in [-0.2, -0.15) is 0 Å². The molecule has 0 atom stereocenters. The highest BCUT2D eigenvalue weighted by atomic mass is 127. The fourth-order valence-corrected chi connectivity index (χ4v) is 2.84. The van der Waals surface area contributed by atoms with Gasteiger partial charge in [-0.05, 0) is 62.4 Å². The van der Waals surface area contributed by atoms with Crippen LogP contribution in [0.1, 0.15) is 30.2 Å². The third-order valence-electron chi connectivity index (χ3n) is 4.36. The molecule has 0 aliphatic heterocycles. The molecule has 0 saturated carbocycles. The summed E-state index contributed by atoms with van der Waals surface area (Å²) < 4.78 is 11.0. The molecule has 0 fully saturated rings. The van der Waals surface area contributed by atoms with Crippen LogP contribution in [0.25, 0.3) is 0 Å². The van der Waals surface area contributed by atoms with E-state index >= 15 is 0 Å². The van der Waals surface area contributed by atoms with Crippen LogP contribution in [0.3, 0.4) is 0 Å². The van der Waals surface area contributed by atoms with E-state index in [0.29, 0.717) is 6.61 Å². The Morgan fingerprint density at radius 1 is 1.03 bits per heavy atom. The third kappa shape index (κ3) is 8.89. The third-order valence-corrected chi connectivity index (χ3v) is 4.36. The van der Waals surface area contributed by atoms with Gasteiger partial charge in [0.1, 0.15) is 0 Å². The number of benzene rings is 1. The van der Waals surface area contributed by atoms with Gasteiger partial charge in [0.25, 0.3) is 0 Å². The van der Waals surface area contributed by atoms with E-state index in [0.717, 1.165) is 55.5 Å². The fourth-order valence-electron chi connectivity index (χ4n) is 2.84. The van der Waals surface area contributed by atoms with Gasteiger partial charge in [0.15, 0.2) is 17.5 Å². The van der Waals surface area contributed by atoms with E-state index in [-0.39, 0.29) is 24.0 Å². The number of guanidine groups is 1. The number of aliphatic imine (C=N–C) groups is 1. The van der Waals surface area contributed by atoms with Crippen molar-refractivity contribution >= 4 is 29.9 Å². The van der Waals surface area contributed by atoms with Crippen molar-refractivity contribution in [2.45, 2.75) is 33.1 Å². The molecular weight excluding hydrogens is 479 g/mol. The first-order valence-electron chi connectivity index (χ1n) is 9.82. The summed E-state index contributed by atoms with van der Waals surface area (Å²) in [6, 6.07) is 10.3. The van der Waals surface area contributed by atoms with Gasteiger partial charge < -0.3 is 20.1 Å². The van der Waals surface area contributed by atoms with Crippen LogP contribution in [0.4, 0.5) is 0 Å². The van der Waals surface area contributed by atoms with Crippen LogP contribution in [0.5, 0.6) is 11.5 Å². The van der Waals surface area contributed by atoms with Gasteiger partial charge in [-0.15, -0.1) is 24.0 Å². The Hall–Kier alpha value is -2.03. The normalized spacial score (nSPS) is 10.8. The summed E-state index contributed by atoms with van der Waals surface area (Å²) in [6.07, 6.45) is 4.81. The first-order chi connectivity index (χ1) is 13.7. The average Bonchev–Trinajstić information content (AvgIpc) is 2.71. The van der Waals surface area contributed by atoms with Gasteiger partial charge in [0, 0.05) is 32.0 Å². The summed E-state index contributed by atoms with van der Waals surface area (Å²) in [5, 5.41) is 6.71. The standard InChI is InChI=1S/C22H32N4O2.HI/c1-5-28-21-15-18(10-11-20(21)27-4)7-6-13-24-22(23-3)25-14-12-19-9-8-17(2)26-16-19;/h8-11,15-16H,5-7,12-14H2,1-4H3,(H2,23,24,25);1H. The number of nitrogens with zero attached hydrogens (tertiary/aromatic N) is 2. The molecule has 0 spiro atoms. The van der Waals surface area contributed by atoms with Crippen LogP contribution in [0, 0.1) is 6.92 Å². The van der Waals surface area contributed by atoms with Crippen molar-refractivity contribution in [3.8, 4) is 11.5 Å². The predicted molar refractivity (Wildman–Crippen MR) is 130 cm³/mol. The maximum Gasteiger partial charge on any atom is 0.190 e. The summed E-state index contributed by atoms with van der Waals surface area (Å²) in [7, 11) is 3.45. The number of ether oxygens (including phenoxy) is 2. The van der Waals surface area contributed by atoms with E-state index in [1.165, 1.54) is 11.1 Å². The highest BCUT2D eigenvalue weighted by molar-refractivity contribution is 14.0. The molecule has 1 aromatic heterocycles. The molecule has 1 heterocycles. The summed E-state index contributed by atoms with van der Waals surface area (Å²) in [6.45, 7) is 6.27. The Balaban J connectivity index is 0.00000420. The van der Waals surface area contributed by atoms with E-state index in [1.54, 1.807) is 14.2 Å². The second-order valence-corrected chi connectivity index (χ2v) is 6.51. The number of rotatable bonds is 10. The monoisotopic (exact) mass is 512 g/mol. The molecular formula is C22H33IN4O2. The molecule has 0 unspecified atom stereocenters. The molecule has 29 heavy (non-hydrogen) atoms. The molecule has 0 saturated heterocycles. The minimum Gasteiger partial charge on any atom is -0.493 e. The minimum absolute atomic E-state index is 0. The van der Waals surface area contributed by atoms with Gasteiger partial charge in [-0.25, -0.2) is 0 Å². The summed E-state index contributed by atoms with van der Waals surface area (Å²) in [4.78, 5) is 8.61. The molecule has 0 aliphatic rings. The van der Waals surface area contributed by atoms with Crippen molar-refractivity contribution in [1.82, 2.24) is 15.6 Å². The number of halogens is 1. The lowest BCUT2D eigenvalue weighted by Gasteiger charge is -2.13. The van der Waals surface area contributed by atoms with Gasteiger partial charge in [-0.3, -0.25) is 9.98 Å². The number of nitrogens with one attached hydrogen (secondary N) is 2. The smallest absolute Gasteiger partial charge is 0.190 e. The Labute approximate surface area is 191 Å². The molecule has 2 rings (SSSR count). The lowest BCUT2D eigenvalue weighted by atomic mass is 10.1. The van der Waals surface area contributed by atoms with Crippen LogP contribution < -0.4 is 20.1 Å². The van der Waals surface area contributed by atoms with Crippen molar-refractivity contribution in [3.05, 3.63) is 53.3 Å². The first-order valence-corrected chi connectivity index (χ1v) is 9.82. The predicted octanol–water partition coefficient (Wildman–Crippen LogP) is 3.76. The summed E-state index contributed by atoms with van der Waals surface area (Å²) in [5.74, 6) is 2.40. The maximum absolute atomic E-state index is 5.64. The van der Waals surface area contributed by atoms with Gasteiger partial charge >= 0.3 is 0 Å². The first kappa shape index (κ1) is 25.0. The topological polar surface area (TPSA) is 67.8 Å². The van der Waals surface area contributed by atoms with Crippen LogP contribution in [0.2, 0.25) is 0 Å². The average molecular weight is 512 g/mol. The van der Waals surface area contributed by atoms with Crippen molar-refractivity contribution in [2.24, 2.45) is 4.99 Å². The molecule has 0 radical (unpaired) electrons. The molecule has 0 bridgehead atoms. The van der Waals surface area contributed by atoms with Crippen LogP contribution in [-0.4, -0.2) is 44.8 Å². The van der Waals surface area contributed by atoms with E-state index in [4.69, 9.17) is 9.47 Å². The zero-order valence-corrected chi connectivity index (χ0v) is 20.2. The Bertz CT molecular complexity index is 751. The quantitative estimate of drug-likeness (QED) is 0.220. The van der Waals surface area contributed by atoms with Gasteiger partial charge in [0.2, 0.25) is 0 Å². The molecule has 2 N–H and O–H groups in total. The van der Waals surface area contributed by atoms with Crippen LogP contribution in [-0.2, 0) is 12.8 Å². The van der Waals surface area contributed by atoms with Gasteiger partial charge in [0.05, 0.1) is 13.7 Å². The van der Waals surface area contributed by atoms with E-state index < -0.39 is 0 Å². The van der Waals surface area contributed by atoms with Crippen molar-refractivity contribution in [1.29, 1.82) is 0 Å². The number of aryl methyl sites for hydroxylation is 2. The summed E-state index contributed by atoms with van der Waals surface area (Å²) in [5.41, 5.74) is 3.50. The zero-order chi connectivity index (χ0) is 20.2. The fraction of sp³-hybridized carbons (Fsp3) is 0.455. The number of aromatic nitrogens is 1. The molecule has 0 amide bonds. The van der Waals surface area contributed by atoms with E-state index in [2.05, 4.69) is 38.8 Å². The minimum atomic E-state index is 0. The van der Waals surface area contributed by atoms with Gasteiger partial charge in [-0.1, -0.05) is 12.1 Å². The van der Waals surface area contributed by atoms with E-state index in [9.17, 15) is 0 Å². The summed E-state index contributed by atoms with van der Waals surface area (Å²) >= 11 is 0. The van der Waals surface area contributed by atoms with Crippen molar-refractivity contribution in [2.75, 3.05) is 33.9 Å². The number of methoxy groups -OCH3 is 1. The number of hydrogen-bond donors (Lipinski definition) is 2. The lowest BCUT2D eigenvalue weighted by Crippen LogP contribution is -2.38.